The number of amides is 2. The summed E-state index contributed by atoms with van der Waals surface area (Å²) in [5, 5.41) is 3.10. The van der Waals surface area contributed by atoms with Crippen molar-refractivity contribution in [2.24, 2.45) is 28.9 Å². The fraction of sp³-hybridized carbons (Fsp3) is 0.579. The van der Waals surface area contributed by atoms with Gasteiger partial charge in [0.25, 0.3) is 5.91 Å². The number of benzene rings is 1. The van der Waals surface area contributed by atoms with E-state index in [1.165, 1.54) is 19.3 Å². The molecular weight excluding hydrogens is 304 g/mol. The van der Waals surface area contributed by atoms with Gasteiger partial charge in [-0.2, -0.15) is 0 Å². The van der Waals surface area contributed by atoms with E-state index < -0.39 is 5.91 Å². The molecule has 1 aromatic rings. The van der Waals surface area contributed by atoms with Crippen molar-refractivity contribution in [2.45, 2.75) is 38.5 Å². The number of rotatable bonds is 5. The van der Waals surface area contributed by atoms with Gasteiger partial charge in [0, 0.05) is 5.69 Å². The number of nitrogens with one attached hydrogen (secondary N) is 1. The van der Waals surface area contributed by atoms with Gasteiger partial charge < -0.3 is 15.8 Å². The van der Waals surface area contributed by atoms with E-state index in [9.17, 15) is 9.59 Å². The molecular formula is C19H24N2O3. The summed E-state index contributed by atoms with van der Waals surface area (Å²) in [6.07, 6.45) is 7.18. The zero-order valence-corrected chi connectivity index (χ0v) is 13.8. The summed E-state index contributed by atoms with van der Waals surface area (Å²) in [5.74, 6) is 2.52. The van der Waals surface area contributed by atoms with Gasteiger partial charge >= 0.3 is 0 Å². The zero-order chi connectivity index (χ0) is 16.7. The van der Waals surface area contributed by atoms with Crippen LogP contribution in [-0.2, 0) is 9.59 Å². The van der Waals surface area contributed by atoms with Crippen molar-refractivity contribution < 1.29 is 14.3 Å². The van der Waals surface area contributed by atoms with Gasteiger partial charge in [-0.05, 0) is 80.5 Å². The molecule has 4 aliphatic rings. The number of anilines is 1. The van der Waals surface area contributed by atoms with Crippen LogP contribution in [0.4, 0.5) is 5.69 Å². The number of hydrogen-bond acceptors (Lipinski definition) is 3. The summed E-state index contributed by atoms with van der Waals surface area (Å²) >= 11 is 0. The van der Waals surface area contributed by atoms with Gasteiger partial charge in [-0.15, -0.1) is 0 Å². The minimum Gasteiger partial charge on any atom is -0.484 e. The van der Waals surface area contributed by atoms with E-state index in [1.54, 1.807) is 12.1 Å². The molecule has 4 saturated carbocycles. The van der Waals surface area contributed by atoms with E-state index in [1.807, 2.05) is 12.1 Å². The van der Waals surface area contributed by atoms with Crippen LogP contribution in [-0.4, -0.2) is 18.4 Å². The molecule has 5 nitrogen and oxygen atoms in total. The Morgan fingerprint density at radius 3 is 2.08 bits per heavy atom. The topological polar surface area (TPSA) is 81.4 Å². The lowest BCUT2D eigenvalue weighted by atomic mass is 9.49. The molecule has 4 aliphatic carbocycles. The fourth-order valence-corrected chi connectivity index (χ4v) is 5.44. The van der Waals surface area contributed by atoms with Gasteiger partial charge in [-0.1, -0.05) is 0 Å². The molecule has 24 heavy (non-hydrogen) atoms. The summed E-state index contributed by atoms with van der Waals surface area (Å²) in [6, 6.07) is 7.12. The third-order valence-corrected chi connectivity index (χ3v) is 6.01. The normalized spacial score (nSPS) is 33.2. The Morgan fingerprint density at radius 1 is 1.04 bits per heavy atom. The van der Waals surface area contributed by atoms with E-state index in [-0.39, 0.29) is 17.9 Å². The second kappa shape index (κ2) is 5.80. The molecule has 5 rings (SSSR count). The smallest absolute Gasteiger partial charge is 0.255 e. The molecule has 0 spiro atoms. The second-order valence-corrected chi connectivity index (χ2v) is 7.93. The maximum atomic E-state index is 13.0. The van der Waals surface area contributed by atoms with Gasteiger partial charge in [0.05, 0.1) is 5.41 Å². The lowest BCUT2D eigenvalue weighted by Gasteiger charge is -2.55. The number of nitrogens with two attached hydrogens (primary N) is 1. The Balaban J connectivity index is 1.42. The molecule has 0 atom stereocenters. The second-order valence-electron chi connectivity index (χ2n) is 7.93. The van der Waals surface area contributed by atoms with E-state index in [0.29, 0.717) is 5.75 Å². The lowest BCUT2D eigenvalue weighted by Crippen LogP contribution is -2.51. The first kappa shape index (κ1) is 15.5. The highest BCUT2D eigenvalue weighted by molar-refractivity contribution is 5.95. The molecule has 2 amide bonds. The Bertz CT molecular complexity index is 618. The highest BCUT2D eigenvalue weighted by Gasteiger charge is 2.54. The zero-order valence-electron chi connectivity index (χ0n) is 13.8. The maximum absolute atomic E-state index is 13.0. The Labute approximate surface area is 141 Å². The van der Waals surface area contributed by atoms with Crippen molar-refractivity contribution in [3.8, 4) is 5.75 Å². The minimum absolute atomic E-state index is 0.140. The first-order chi connectivity index (χ1) is 11.5. The van der Waals surface area contributed by atoms with Crippen LogP contribution in [0, 0.1) is 23.2 Å². The maximum Gasteiger partial charge on any atom is 0.255 e. The van der Waals surface area contributed by atoms with Crippen LogP contribution in [0.5, 0.6) is 5.75 Å². The van der Waals surface area contributed by atoms with Crippen molar-refractivity contribution in [1.82, 2.24) is 0 Å². The molecule has 5 heteroatoms. The van der Waals surface area contributed by atoms with Crippen LogP contribution in [0.2, 0.25) is 0 Å². The average molecular weight is 328 g/mol. The molecule has 0 heterocycles. The van der Waals surface area contributed by atoms with Crippen molar-refractivity contribution in [3.63, 3.8) is 0 Å². The predicted molar refractivity (Wildman–Crippen MR) is 90.4 cm³/mol. The largest absolute Gasteiger partial charge is 0.484 e. The molecule has 4 fully saturated rings. The van der Waals surface area contributed by atoms with E-state index in [2.05, 4.69) is 5.32 Å². The molecule has 128 valence electrons. The molecule has 3 N–H and O–H groups in total. The quantitative estimate of drug-likeness (QED) is 0.872. The highest BCUT2D eigenvalue weighted by atomic mass is 16.5. The third-order valence-electron chi connectivity index (χ3n) is 6.01. The summed E-state index contributed by atoms with van der Waals surface area (Å²) in [5.41, 5.74) is 5.70. The van der Waals surface area contributed by atoms with Crippen molar-refractivity contribution in [3.05, 3.63) is 24.3 Å². The Morgan fingerprint density at radius 2 is 1.58 bits per heavy atom. The van der Waals surface area contributed by atoms with Crippen LogP contribution >= 0.6 is 0 Å². The molecule has 0 saturated heterocycles. The molecule has 0 unspecified atom stereocenters. The number of carbonyl (C=O) groups excluding carboxylic acids is 2. The molecule has 0 aromatic heterocycles. The predicted octanol–water partition coefficient (Wildman–Crippen LogP) is 2.71. The van der Waals surface area contributed by atoms with Crippen LogP contribution in [0.25, 0.3) is 0 Å². The van der Waals surface area contributed by atoms with Gasteiger partial charge in [0.2, 0.25) is 5.91 Å². The molecule has 0 radical (unpaired) electrons. The summed E-state index contributed by atoms with van der Waals surface area (Å²) in [6.45, 7) is -0.140. The number of carbonyl (C=O) groups is 2. The number of primary amides is 1. The minimum atomic E-state index is -0.505. The van der Waals surface area contributed by atoms with Crippen LogP contribution in [0.15, 0.2) is 24.3 Å². The highest BCUT2D eigenvalue weighted by Crippen LogP contribution is 2.60. The standard InChI is InChI=1S/C19H24N2O3/c20-17(22)11-24-16-3-1-15(2-4-16)21-18(23)19-8-12-5-13(9-19)7-14(6-12)10-19/h1-4,12-14H,5-11H2,(H2,20,22)(H,21,23). The van der Waals surface area contributed by atoms with E-state index in [4.69, 9.17) is 10.5 Å². The van der Waals surface area contributed by atoms with Crippen LogP contribution in [0.1, 0.15) is 38.5 Å². The average Bonchev–Trinajstić information content (AvgIpc) is 2.53. The first-order valence-corrected chi connectivity index (χ1v) is 8.85. The van der Waals surface area contributed by atoms with Crippen LogP contribution < -0.4 is 15.8 Å². The Hall–Kier alpha value is -2.04. The Kier molecular flexibility index (Phi) is 3.74. The van der Waals surface area contributed by atoms with Crippen molar-refractivity contribution >= 4 is 17.5 Å². The summed E-state index contributed by atoms with van der Waals surface area (Å²) in [7, 11) is 0. The fourth-order valence-electron chi connectivity index (χ4n) is 5.44. The SMILES string of the molecule is NC(=O)COc1ccc(NC(=O)C23CC4CC(CC(C4)C2)C3)cc1. The lowest BCUT2D eigenvalue weighted by molar-refractivity contribution is -0.140. The van der Waals surface area contributed by atoms with E-state index >= 15 is 0 Å². The third kappa shape index (κ3) is 2.87. The molecule has 1 aromatic carbocycles. The van der Waals surface area contributed by atoms with Crippen LogP contribution in [0.3, 0.4) is 0 Å². The van der Waals surface area contributed by atoms with Gasteiger partial charge in [-0.25, -0.2) is 0 Å². The van der Waals surface area contributed by atoms with Crippen molar-refractivity contribution in [2.75, 3.05) is 11.9 Å². The molecule has 0 aliphatic heterocycles. The summed E-state index contributed by atoms with van der Waals surface area (Å²) < 4.78 is 5.24. The monoisotopic (exact) mass is 328 g/mol. The van der Waals surface area contributed by atoms with Gasteiger partial charge in [0.15, 0.2) is 6.61 Å². The number of hydrogen-bond donors (Lipinski definition) is 2. The molecule has 4 bridgehead atoms. The van der Waals surface area contributed by atoms with E-state index in [0.717, 1.165) is 42.7 Å². The van der Waals surface area contributed by atoms with Gasteiger partial charge in [-0.3, -0.25) is 9.59 Å². The first-order valence-electron chi connectivity index (χ1n) is 8.85. The summed E-state index contributed by atoms with van der Waals surface area (Å²) in [4.78, 5) is 23.7. The van der Waals surface area contributed by atoms with Gasteiger partial charge in [0.1, 0.15) is 5.75 Å². The van der Waals surface area contributed by atoms with Crippen molar-refractivity contribution in [1.29, 1.82) is 0 Å². The number of ether oxygens (including phenoxy) is 1.